The Morgan fingerprint density at radius 2 is 1.72 bits per heavy atom. The summed E-state index contributed by atoms with van der Waals surface area (Å²) in [4.78, 5) is 19.3. The predicted molar refractivity (Wildman–Crippen MR) is 228 cm³/mol. The summed E-state index contributed by atoms with van der Waals surface area (Å²) >= 11 is 0. The highest BCUT2D eigenvalue weighted by Crippen LogP contribution is 2.76. The molecular formula is C48H71N3O5S. The molecule has 3 unspecified atom stereocenters. The maximum absolute atomic E-state index is 12.7. The number of aliphatic carboxylic acids is 1. The molecule has 1 saturated heterocycles. The lowest BCUT2D eigenvalue weighted by molar-refractivity contribution is -0.221. The molecule has 314 valence electrons. The van der Waals surface area contributed by atoms with Crippen molar-refractivity contribution in [2.45, 2.75) is 124 Å². The van der Waals surface area contributed by atoms with Gasteiger partial charge in [0, 0.05) is 44.0 Å². The van der Waals surface area contributed by atoms with Crippen LogP contribution in [0.25, 0.3) is 0 Å². The van der Waals surface area contributed by atoms with Crippen molar-refractivity contribution in [1.82, 2.24) is 15.2 Å². The second-order valence-corrected chi connectivity index (χ2v) is 23.6. The number of sulfone groups is 1. The highest BCUT2D eigenvalue weighted by Gasteiger charge is 2.70. The van der Waals surface area contributed by atoms with E-state index in [9.17, 15) is 18.3 Å². The van der Waals surface area contributed by atoms with Crippen LogP contribution >= 0.6 is 0 Å². The molecule has 4 saturated carbocycles. The number of aromatic nitrogens is 1. The number of hydrogen-bond donors (Lipinski definition) is 2. The summed E-state index contributed by atoms with van der Waals surface area (Å²) in [7, 11) is -2.87. The number of ether oxygens (including phenoxy) is 1. The first-order valence-electron chi connectivity index (χ1n) is 22.4. The van der Waals surface area contributed by atoms with Crippen LogP contribution in [0, 0.1) is 56.7 Å². The van der Waals surface area contributed by atoms with Crippen LogP contribution < -0.4 is 10.1 Å². The number of carboxylic acid groups (broad SMARTS) is 1. The number of carboxylic acids is 1. The van der Waals surface area contributed by atoms with Crippen molar-refractivity contribution < 1.29 is 23.1 Å². The number of fused-ring (bicyclic) bond motifs is 7. The van der Waals surface area contributed by atoms with Crippen molar-refractivity contribution in [1.29, 1.82) is 0 Å². The van der Waals surface area contributed by atoms with Crippen molar-refractivity contribution in [3.63, 3.8) is 0 Å². The molecule has 0 radical (unpaired) electrons. The van der Waals surface area contributed by atoms with Crippen LogP contribution in [0.2, 0.25) is 0 Å². The monoisotopic (exact) mass is 802 g/mol. The van der Waals surface area contributed by atoms with E-state index < -0.39 is 21.2 Å². The Morgan fingerprint density at radius 1 is 0.947 bits per heavy atom. The van der Waals surface area contributed by atoms with E-state index in [1.165, 1.54) is 68.1 Å². The summed E-state index contributed by atoms with van der Waals surface area (Å²) < 4.78 is 30.1. The summed E-state index contributed by atoms with van der Waals surface area (Å²) in [5.41, 5.74) is 4.12. The fraction of sp³-hybridized carbons (Fsp3) is 0.750. The van der Waals surface area contributed by atoms with E-state index in [0.29, 0.717) is 72.9 Å². The Bertz CT molecular complexity index is 1900. The molecule has 2 heterocycles. The molecule has 9 heteroatoms. The number of carbonyl (C=O) groups is 1. The summed E-state index contributed by atoms with van der Waals surface area (Å²) in [6.45, 7) is 23.3. The van der Waals surface area contributed by atoms with Crippen LogP contribution in [0.5, 0.6) is 5.88 Å². The number of allylic oxidation sites excluding steroid dienone is 5. The van der Waals surface area contributed by atoms with E-state index in [-0.39, 0.29) is 33.8 Å². The molecule has 0 spiro atoms. The fourth-order valence-corrected chi connectivity index (χ4v) is 16.5. The van der Waals surface area contributed by atoms with Crippen molar-refractivity contribution >= 4 is 15.8 Å². The van der Waals surface area contributed by atoms with Crippen LogP contribution in [-0.2, 0) is 14.6 Å². The Kier molecular flexibility index (Phi) is 10.6. The number of nitrogens with one attached hydrogen (secondary N) is 1. The Balaban J connectivity index is 1.01. The van der Waals surface area contributed by atoms with Gasteiger partial charge in [-0.15, -0.1) is 0 Å². The van der Waals surface area contributed by atoms with Gasteiger partial charge in [-0.05, 0) is 152 Å². The third-order valence-electron chi connectivity index (χ3n) is 18.5. The second-order valence-electron chi connectivity index (χ2n) is 21.3. The van der Waals surface area contributed by atoms with Crippen LogP contribution in [0.4, 0.5) is 0 Å². The van der Waals surface area contributed by atoms with Crippen molar-refractivity contribution in [3.05, 3.63) is 59.8 Å². The van der Waals surface area contributed by atoms with Gasteiger partial charge in [-0.1, -0.05) is 65.0 Å². The molecule has 0 bridgehead atoms. The van der Waals surface area contributed by atoms with E-state index in [1.54, 1.807) is 12.3 Å². The summed E-state index contributed by atoms with van der Waals surface area (Å²) in [6.07, 6.45) is 19.5. The van der Waals surface area contributed by atoms with Gasteiger partial charge < -0.3 is 20.1 Å². The summed E-state index contributed by atoms with van der Waals surface area (Å²) in [5, 5.41) is 14.7. The Morgan fingerprint density at radius 3 is 2.39 bits per heavy atom. The van der Waals surface area contributed by atoms with Crippen molar-refractivity contribution in [3.8, 4) is 5.88 Å². The average molecular weight is 802 g/mol. The van der Waals surface area contributed by atoms with Gasteiger partial charge in [0.1, 0.15) is 12.0 Å². The third-order valence-corrected chi connectivity index (χ3v) is 20.1. The number of hydrogen-bond acceptors (Lipinski definition) is 7. The topological polar surface area (TPSA) is 109 Å². The van der Waals surface area contributed by atoms with Gasteiger partial charge in [0.25, 0.3) is 0 Å². The van der Waals surface area contributed by atoms with Crippen LogP contribution in [0.15, 0.2) is 59.8 Å². The first kappa shape index (κ1) is 41.3. The van der Waals surface area contributed by atoms with Crippen LogP contribution in [0.1, 0.15) is 119 Å². The lowest BCUT2D eigenvalue weighted by Crippen LogP contribution is -2.68. The Labute approximate surface area is 343 Å². The molecule has 10 atom stereocenters. The lowest BCUT2D eigenvalue weighted by Gasteiger charge is -2.72. The van der Waals surface area contributed by atoms with Crippen molar-refractivity contribution in [2.75, 3.05) is 44.3 Å². The number of nitrogens with zero attached hydrogens (tertiary/aromatic N) is 2. The Hall–Kier alpha value is -2.49. The van der Waals surface area contributed by atoms with Gasteiger partial charge in [-0.2, -0.15) is 0 Å². The van der Waals surface area contributed by atoms with E-state index >= 15 is 0 Å². The van der Waals surface area contributed by atoms with Gasteiger partial charge in [-0.3, -0.25) is 4.79 Å². The molecule has 2 N–H and O–H groups in total. The summed E-state index contributed by atoms with van der Waals surface area (Å²) in [5.74, 6) is 3.33. The first-order chi connectivity index (χ1) is 26.9. The molecule has 0 amide bonds. The van der Waals surface area contributed by atoms with Gasteiger partial charge in [0.2, 0.25) is 5.88 Å². The zero-order chi connectivity index (χ0) is 40.6. The first-order valence-corrected chi connectivity index (χ1v) is 24.2. The SMILES string of the molecule is C=C(C)[C@@H]1CC[C@]2(NCCN3CCS(=O)(=O)CC3)CC[C@]3(C)[C@H](CCC4[C@@]5(C)CC=C(C6=CC[C@@](COc7ccccn7)(C(=O)O)CC6)C(C)(C)C5CC[C@]43C)C12. The fourth-order valence-electron chi connectivity index (χ4n) is 15.2. The summed E-state index contributed by atoms with van der Waals surface area (Å²) in [6, 6.07) is 5.49. The van der Waals surface area contributed by atoms with E-state index in [1.807, 2.05) is 12.1 Å². The van der Waals surface area contributed by atoms with Crippen molar-refractivity contribution in [2.24, 2.45) is 56.7 Å². The molecule has 6 aliphatic carbocycles. The quantitative estimate of drug-likeness (QED) is 0.226. The predicted octanol–water partition coefficient (Wildman–Crippen LogP) is 8.91. The highest BCUT2D eigenvalue weighted by atomic mass is 32.2. The van der Waals surface area contributed by atoms with E-state index in [2.05, 4.69) is 75.5 Å². The average Bonchev–Trinajstić information content (AvgIpc) is 3.55. The number of pyridine rings is 1. The minimum absolute atomic E-state index is 0.00623. The molecule has 5 fully saturated rings. The van der Waals surface area contributed by atoms with E-state index in [4.69, 9.17) is 4.74 Å². The molecule has 57 heavy (non-hydrogen) atoms. The third kappa shape index (κ3) is 6.71. The minimum atomic E-state index is -2.87. The normalized spacial score (nSPS) is 42.3. The van der Waals surface area contributed by atoms with Gasteiger partial charge in [0.05, 0.1) is 11.5 Å². The van der Waals surface area contributed by atoms with Crippen LogP contribution in [0.3, 0.4) is 0 Å². The maximum atomic E-state index is 12.7. The molecule has 7 aliphatic rings. The minimum Gasteiger partial charge on any atom is -0.481 e. The smallest absolute Gasteiger partial charge is 0.313 e. The van der Waals surface area contributed by atoms with E-state index in [0.717, 1.165) is 25.9 Å². The molecular weight excluding hydrogens is 731 g/mol. The highest BCUT2D eigenvalue weighted by molar-refractivity contribution is 7.91. The van der Waals surface area contributed by atoms with Crippen LogP contribution in [-0.4, -0.2) is 79.2 Å². The zero-order valence-electron chi connectivity index (χ0n) is 35.9. The second kappa shape index (κ2) is 14.6. The standard InChI is InChI=1S/C48H71N3O5S/c1-33(2)35-15-22-48(50-26-27-51-28-30-57(54,55)31-29-51)24-23-45(6)37(41(35)48)11-12-39-44(5)18-16-36(43(3,4)38(44)17-19-46(39,45)7)34-13-20-47(21-14-34,42(52)53)32-56-40-10-8-9-25-49-40/h8-10,13,16,25,35,37-39,41,50H,1,11-12,14-15,17-24,26-32H2,2-7H3,(H,52,53)/t35-,37+,38?,39?,41?,44-,45+,46+,47+,48-/m0/s1. The van der Waals surface area contributed by atoms with Gasteiger partial charge >= 0.3 is 5.97 Å². The molecule has 0 aromatic carbocycles. The molecule has 8 nitrogen and oxygen atoms in total. The molecule has 1 aromatic rings. The lowest BCUT2D eigenvalue weighted by atomic mass is 9.33. The molecule has 1 aromatic heterocycles. The largest absolute Gasteiger partial charge is 0.481 e. The maximum Gasteiger partial charge on any atom is 0.313 e. The van der Waals surface area contributed by atoms with Gasteiger partial charge in [0.15, 0.2) is 9.84 Å². The molecule has 1 aliphatic heterocycles. The van der Waals surface area contributed by atoms with Gasteiger partial charge in [-0.25, -0.2) is 13.4 Å². The number of rotatable bonds is 10. The molecule has 8 rings (SSSR count). The zero-order valence-corrected chi connectivity index (χ0v) is 36.7.